The molecule has 0 spiro atoms. The monoisotopic (exact) mass is 723 g/mol. The molecule has 0 aromatic heterocycles. The molecule has 1 unspecified atom stereocenters. The van der Waals surface area contributed by atoms with E-state index < -0.39 is 51.8 Å². The Morgan fingerprint density at radius 2 is 0.878 bits per heavy atom. The number of esters is 2. The third kappa shape index (κ3) is 35.2. The molecule has 0 saturated heterocycles. The molecule has 49 heavy (non-hydrogen) atoms. The van der Waals surface area contributed by atoms with E-state index in [1.807, 2.05) is 0 Å². The summed E-state index contributed by atoms with van der Waals surface area (Å²) in [6.45, 7) is 2.38. The maximum atomic E-state index is 12.6. The normalized spacial score (nSPS) is 14.0. The Morgan fingerprint density at radius 3 is 1.27 bits per heavy atom. The highest BCUT2D eigenvalue weighted by Crippen LogP contribution is 2.43. The van der Waals surface area contributed by atoms with Crippen LogP contribution in [0, 0.1) is 0 Å². The van der Waals surface area contributed by atoms with Gasteiger partial charge in [-0.25, -0.2) is 4.57 Å². The predicted octanol–water partition coefficient (Wildman–Crippen LogP) is 9.89. The molecule has 3 N–H and O–H groups in total. The maximum Gasteiger partial charge on any atom is 0.472 e. The number of carbonyl (C=O) groups excluding carboxylic acids is 2. The Morgan fingerprint density at radius 1 is 0.531 bits per heavy atom. The SMILES string of the molecule is CCCCCCCCCCCCCCCCCCC(=O)O[C@H](COC(=O)CCCCCCCCCCCC)COP(=O)(O)OC[C@@H](O)CO. The Bertz CT molecular complexity index is 796. The second-order valence-corrected chi connectivity index (χ2v) is 15.1. The first-order valence-corrected chi connectivity index (χ1v) is 21.5. The van der Waals surface area contributed by atoms with Crippen molar-refractivity contribution in [3.05, 3.63) is 0 Å². The van der Waals surface area contributed by atoms with Crippen molar-refractivity contribution in [2.45, 2.75) is 206 Å². The lowest BCUT2D eigenvalue weighted by atomic mass is 10.0. The van der Waals surface area contributed by atoms with Gasteiger partial charge in [-0.05, 0) is 12.8 Å². The minimum absolute atomic E-state index is 0.192. The lowest BCUT2D eigenvalue weighted by Gasteiger charge is -2.20. The molecule has 0 saturated carbocycles. The van der Waals surface area contributed by atoms with Crippen LogP contribution in [-0.4, -0.2) is 65.7 Å². The molecule has 0 aromatic carbocycles. The van der Waals surface area contributed by atoms with Crippen molar-refractivity contribution in [2.24, 2.45) is 0 Å². The van der Waals surface area contributed by atoms with Gasteiger partial charge in [-0.1, -0.05) is 168 Å². The van der Waals surface area contributed by atoms with E-state index in [4.69, 9.17) is 19.1 Å². The van der Waals surface area contributed by atoms with Crippen LogP contribution in [0.2, 0.25) is 0 Å². The van der Waals surface area contributed by atoms with Crippen molar-refractivity contribution in [1.29, 1.82) is 0 Å². The van der Waals surface area contributed by atoms with Gasteiger partial charge in [-0.15, -0.1) is 0 Å². The van der Waals surface area contributed by atoms with Crippen molar-refractivity contribution >= 4 is 19.8 Å². The quantitative estimate of drug-likeness (QED) is 0.0319. The van der Waals surface area contributed by atoms with Crippen LogP contribution in [-0.2, 0) is 32.7 Å². The van der Waals surface area contributed by atoms with Crippen molar-refractivity contribution < 1.29 is 47.8 Å². The number of rotatable bonds is 38. The zero-order valence-electron chi connectivity index (χ0n) is 31.4. The summed E-state index contributed by atoms with van der Waals surface area (Å²) in [7, 11) is -4.60. The molecule has 0 aliphatic heterocycles. The standard InChI is InChI=1S/C38H75O10P/c1-3-5-7-9-11-13-15-16-17-18-19-20-22-24-26-28-30-38(42)48-36(34-47-49(43,44)46-32-35(40)31-39)33-45-37(41)29-27-25-23-21-14-12-10-8-6-4-2/h35-36,39-40H,3-34H2,1-2H3,(H,43,44)/t35-,36+/m0/s1. The summed E-state index contributed by atoms with van der Waals surface area (Å²) in [6.07, 6.45) is 29.3. The molecule has 3 atom stereocenters. The smallest absolute Gasteiger partial charge is 0.462 e. The second-order valence-electron chi connectivity index (χ2n) is 13.7. The average molecular weight is 723 g/mol. The molecule has 0 aliphatic rings. The summed E-state index contributed by atoms with van der Waals surface area (Å²) in [6, 6.07) is 0. The van der Waals surface area contributed by atoms with Gasteiger partial charge in [0.2, 0.25) is 0 Å². The number of unbranched alkanes of at least 4 members (excludes halogenated alkanes) is 24. The zero-order chi connectivity index (χ0) is 36.3. The topological polar surface area (TPSA) is 149 Å². The number of phosphoric acid groups is 1. The molecule has 0 amide bonds. The largest absolute Gasteiger partial charge is 0.472 e. The van der Waals surface area contributed by atoms with E-state index in [1.165, 1.54) is 116 Å². The lowest BCUT2D eigenvalue weighted by Crippen LogP contribution is -2.29. The molecule has 0 bridgehead atoms. The van der Waals surface area contributed by atoms with E-state index in [2.05, 4.69) is 18.4 Å². The molecule has 0 rings (SSSR count). The molecule has 292 valence electrons. The average Bonchev–Trinajstić information content (AvgIpc) is 3.09. The van der Waals surface area contributed by atoms with Crippen LogP contribution in [0.4, 0.5) is 0 Å². The van der Waals surface area contributed by atoms with Crippen LogP contribution in [0.1, 0.15) is 194 Å². The fourth-order valence-corrected chi connectivity index (χ4v) is 6.43. The maximum absolute atomic E-state index is 12.6. The third-order valence-electron chi connectivity index (χ3n) is 8.76. The summed E-state index contributed by atoms with van der Waals surface area (Å²) < 4.78 is 32.6. The summed E-state index contributed by atoms with van der Waals surface area (Å²) in [5, 5.41) is 18.3. The number of aliphatic hydroxyl groups is 2. The fourth-order valence-electron chi connectivity index (χ4n) is 5.64. The van der Waals surface area contributed by atoms with Crippen LogP contribution in [0.3, 0.4) is 0 Å². The van der Waals surface area contributed by atoms with Gasteiger partial charge in [-0.3, -0.25) is 18.6 Å². The summed E-state index contributed by atoms with van der Waals surface area (Å²) in [4.78, 5) is 34.8. The number of carbonyl (C=O) groups is 2. The highest BCUT2D eigenvalue weighted by atomic mass is 31.2. The Hall–Kier alpha value is -1.03. The van der Waals surface area contributed by atoms with Gasteiger partial charge in [0.15, 0.2) is 6.10 Å². The molecule has 0 heterocycles. The summed E-state index contributed by atoms with van der Waals surface area (Å²) in [5.74, 6) is -0.915. The van der Waals surface area contributed by atoms with E-state index in [-0.39, 0.29) is 19.4 Å². The van der Waals surface area contributed by atoms with Crippen LogP contribution in [0.15, 0.2) is 0 Å². The van der Waals surface area contributed by atoms with Gasteiger partial charge in [0.1, 0.15) is 12.7 Å². The number of aliphatic hydroxyl groups excluding tert-OH is 2. The lowest BCUT2D eigenvalue weighted by molar-refractivity contribution is -0.161. The Labute approximate surface area is 299 Å². The molecule has 0 radical (unpaired) electrons. The Kier molecular flexibility index (Phi) is 34.6. The first kappa shape index (κ1) is 48.0. The minimum atomic E-state index is -4.60. The molecular formula is C38H75O10P. The highest BCUT2D eigenvalue weighted by Gasteiger charge is 2.27. The first-order chi connectivity index (χ1) is 23.7. The molecular weight excluding hydrogens is 647 g/mol. The van der Waals surface area contributed by atoms with Gasteiger partial charge >= 0.3 is 19.8 Å². The molecule has 0 aromatic rings. The van der Waals surface area contributed by atoms with Crippen molar-refractivity contribution in [2.75, 3.05) is 26.4 Å². The van der Waals surface area contributed by atoms with Crippen molar-refractivity contribution in [3.8, 4) is 0 Å². The molecule has 10 nitrogen and oxygen atoms in total. The van der Waals surface area contributed by atoms with Gasteiger partial charge in [0, 0.05) is 12.8 Å². The fraction of sp³-hybridized carbons (Fsp3) is 0.947. The van der Waals surface area contributed by atoms with E-state index >= 15 is 0 Å². The van der Waals surface area contributed by atoms with Crippen LogP contribution in [0.5, 0.6) is 0 Å². The number of hydrogen-bond donors (Lipinski definition) is 3. The number of ether oxygens (including phenoxy) is 2. The van der Waals surface area contributed by atoms with Gasteiger partial charge in [0.05, 0.1) is 19.8 Å². The van der Waals surface area contributed by atoms with Crippen LogP contribution < -0.4 is 0 Å². The zero-order valence-corrected chi connectivity index (χ0v) is 32.3. The van der Waals surface area contributed by atoms with Crippen LogP contribution in [0.25, 0.3) is 0 Å². The highest BCUT2D eigenvalue weighted by molar-refractivity contribution is 7.47. The molecule has 0 fully saturated rings. The molecule has 11 heteroatoms. The van der Waals surface area contributed by atoms with Crippen LogP contribution >= 0.6 is 7.82 Å². The molecule has 0 aliphatic carbocycles. The summed E-state index contributed by atoms with van der Waals surface area (Å²) >= 11 is 0. The minimum Gasteiger partial charge on any atom is -0.462 e. The Balaban J connectivity index is 4.28. The number of phosphoric ester groups is 1. The van der Waals surface area contributed by atoms with Gasteiger partial charge in [0.25, 0.3) is 0 Å². The van der Waals surface area contributed by atoms with E-state index in [0.29, 0.717) is 12.8 Å². The van der Waals surface area contributed by atoms with E-state index in [0.717, 1.165) is 38.5 Å². The van der Waals surface area contributed by atoms with Gasteiger partial charge in [-0.2, -0.15) is 0 Å². The summed E-state index contributed by atoms with van der Waals surface area (Å²) in [5.41, 5.74) is 0. The number of hydrogen-bond acceptors (Lipinski definition) is 9. The third-order valence-corrected chi connectivity index (χ3v) is 9.71. The van der Waals surface area contributed by atoms with Crippen molar-refractivity contribution in [1.82, 2.24) is 0 Å². The van der Waals surface area contributed by atoms with Crippen molar-refractivity contribution in [3.63, 3.8) is 0 Å². The second kappa shape index (κ2) is 35.4. The first-order valence-electron chi connectivity index (χ1n) is 20.0. The predicted molar refractivity (Wildman–Crippen MR) is 196 cm³/mol. The van der Waals surface area contributed by atoms with E-state index in [9.17, 15) is 24.2 Å². The van der Waals surface area contributed by atoms with E-state index in [1.54, 1.807) is 0 Å². The van der Waals surface area contributed by atoms with Gasteiger partial charge < -0.3 is 24.6 Å².